The molecular formula is C23H22N4O3. The molecule has 5 rings (SSSR count). The van der Waals surface area contributed by atoms with Crippen LogP contribution in [-0.4, -0.2) is 57.6 Å². The summed E-state index contributed by atoms with van der Waals surface area (Å²) in [6, 6.07) is 14.9. The summed E-state index contributed by atoms with van der Waals surface area (Å²) in [6.45, 7) is 2.61. The van der Waals surface area contributed by atoms with Crippen LogP contribution in [0.1, 0.15) is 16.8 Å². The van der Waals surface area contributed by atoms with E-state index >= 15 is 0 Å². The number of aliphatic hydroxyl groups excluding tert-OH is 1. The lowest BCUT2D eigenvalue weighted by Crippen LogP contribution is -2.34. The number of rotatable bonds is 4. The van der Waals surface area contributed by atoms with Gasteiger partial charge in [-0.05, 0) is 30.0 Å². The van der Waals surface area contributed by atoms with Gasteiger partial charge < -0.3 is 10.4 Å². The van der Waals surface area contributed by atoms with Crippen LogP contribution >= 0.6 is 0 Å². The van der Waals surface area contributed by atoms with Gasteiger partial charge in [0.1, 0.15) is 0 Å². The second-order valence-electron chi connectivity index (χ2n) is 7.71. The lowest BCUT2D eigenvalue weighted by molar-refractivity contribution is 0.0950. The monoisotopic (exact) mass is 402 g/mol. The number of aromatic nitrogens is 2. The lowest BCUT2D eigenvalue weighted by Gasteiger charge is -2.15. The van der Waals surface area contributed by atoms with Gasteiger partial charge in [0.15, 0.2) is 5.65 Å². The average molecular weight is 402 g/mol. The van der Waals surface area contributed by atoms with Crippen LogP contribution in [0.15, 0.2) is 59.5 Å². The number of nitrogens with zero attached hydrogens (tertiary/aromatic N) is 3. The van der Waals surface area contributed by atoms with Crippen LogP contribution in [0, 0.1) is 0 Å². The largest absolute Gasteiger partial charge is 0.392 e. The number of carbonyl (C=O) groups is 1. The maximum atomic E-state index is 13.1. The van der Waals surface area contributed by atoms with Crippen LogP contribution in [0.4, 0.5) is 0 Å². The van der Waals surface area contributed by atoms with Gasteiger partial charge in [0.05, 0.1) is 22.6 Å². The average Bonchev–Trinajstić information content (AvgIpc) is 3.18. The van der Waals surface area contributed by atoms with Crippen molar-refractivity contribution in [2.24, 2.45) is 0 Å². The molecule has 1 amide bonds. The Morgan fingerprint density at radius 1 is 1.13 bits per heavy atom. The fraction of sp³-hybridized carbons (Fsp3) is 0.261. The van der Waals surface area contributed by atoms with Crippen molar-refractivity contribution in [3.63, 3.8) is 0 Å². The minimum atomic E-state index is -0.280. The number of hydrogen-bond acceptors (Lipinski definition) is 5. The van der Waals surface area contributed by atoms with Gasteiger partial charge in [-0.3, -0.25) is 18.9 Å². The predicted octanol–water partition coefficient (Wildman–Crippen LogP) is 1.80. The van der Waals surface area contributed by atoms with Gasteiger partial charge in [-0.15, -0.1) is 0 Å². The molecule has 1 fully saturated rings. The van der Waals surface area contributed by atoms with Crippen molar-refractivity contribution in [2.45, 2.75) is 12.5 Å². The molecule has 2 N–H and O–H groups in total. The summed E-state index contributed by atoms with van der Waals surface area (Å²) in [5, 5.41) is 14.9. The zero-order valence-electron chi connectivity index (χ0n) is 16.4. The summed E-state index contributed by atoms with van der Waals surface area (Å²) in [6.07, 6.45) is 2.13. The van der Waals surface area contributed by atoms with E-state index in [9.17, 15) is 14.7 Å². The van der Waals surface area contributed by atoms with Crippen LogP contribution in [0.3, 0.4) is 0 Å². The van der Waals surface area contributed by atoms with E-state index in [4.69, 9.17) is 4.98 Å². The van der Waals surface area contributed by atoms with Crippen LogP contribution in [0.5, 0.6) is 0 Å². The molecule has 0 unspecified atom stereocenters. The Kier molecular flexibility index (Phi) is 4.69. The Labute approximate surface area is 172 Å². The van der Waals surface area contributed by atoms with Gasteiger partial charge >= 0.3 is 0 Å². The molecule has 1 saturated heterocycles. The van der Waals surface area contributed by atoms with Gasteiger partial charge in [-0.25, -0.2) is 4.98 Å². The number of aliphatic hydroxyl groups is 1. The second kappa shape index (κ2) is 7.51. The van der Waals surface area contributed by atoms with Crippen molar-refractivity contribution >= 4 is 33.2 Å². The molecule has 1 aliphatic heterocycles. The Balaban J connectivity index is 1.53. The van der Waals surface area contributed by atoms with E-state index in [1.807, 2.05) is 30.3 Å². The van der Waals surface area contributed by atoms with E-state index < -0.39 is 0 Å². The Hall–Kier alpha value is -3.29. The van der Waals surface area contributed by atoms with E-state index in [0.717, 1.165) is 23.7 Å². The quantitative estimate of drug-likeness (QED) is 0.402. The number of amides is 1. The summed E-state index contributed by atoms with van der Waals surface area (Å²) in [4.78, 5) is 32.8. The molecule has 0 aliphatic carbocycles. The lowest BCUT2D eigenvalue weighted by atomic mass is 10.1. The minimum Gasteiger partial charge on any atom is -0.392 e. The third kappa shape index (κ3) is 3.22. The molecule has 3 heterocycles. The highest BCUT2D eigenvalue weighted by Gasteiger charge is 2.20. The number of β-amino-alcohol motifs (C(OH)–C–C–N with tert-alkyl or cyclic N) is 1. The van der Waals surface area contributed by atoms with E-state index in [0.29, 0.717) is 41.7 Å². The zero-order chi connectivity index (χ0) is 20.7. The van der Waals surface area contributed by atoms with Crippen LogP contribution in [-0.2, 0) is 0 Å². The van der Waals surface area contributed by atoms with Gasteiger partial charge in [0.25, 0.3) is 11.5 Å². The van der Waals surface area contributed by atoms with Crippen LogP contribution < -0.4 is 10.9 Å². The molecule has 0 spiro atoms. The topological polar surface area (TPSA) is 86.9 Å². The second-order valence-corrected chi connectivity index (χ2v) is 7.71. The van der Waals surface area contributed by atoms with Crippen molar-refractivity contribution in [1.29, 1.82) is 0 Å². The maximum Gasteiger partial charge on any atom is 0.265 e. The number of benzene rings is 2. The Morgan fingerprint density at radius 3 is 2.83 bits per heavy atom. The number of likely N-dealkylation sites (tertiary alicyclic amines) is 1. The molecule has 7 nitrogen and oxygen atoms in total. The zero-order valence-corrected chi connectivity index (χ0v) is 16.4. The van der Waals surface area contributed by atoms with Crippen molar-refractivity contribution in [3.8, 4) is 0 Å². The summed E-state index contributed by atoms with van der Waals surface area (Å²) in [5.41, 5.74) is 1.12. The number of carbonyl (C=O) groups excluding carboxylic acids is 1. The maximum absolute atomic E-state index is 13.1. The number of pyridine rings is 1. The first kappa shape index (κ1) is 18.7. The number of nitrogens with one attached hydrogen (secondary N) is 1. The van der Waals surface area contributed by atoms with E-state index in [1.54, 1.807) is 24.4 Å². The predicted molar refractivity (Wildman–Crippen MR) is 116 cm³/mol. The fourth-order valence-electron chi connectivity index (χ4n) is 4.18. The molecule has 152 valence electrons. The summed E-state index contributed by atoms with van der Waals surface area (Å²) >= 11 is 0. The third-order valence-electron chi connectivity index (χ3n) is 5.74. The van der Waals surface area contributed by atoms with Crippen molar-refractivity contribution < 1.29 is 9.90 Å². The van der Waals surface area contributed by atoms with Gasteiger partial charge in [-0.1, -0.05) is 30.3 Å². The SMILES string of the molecule is O=C(NCCN1CC[C@H](O)C1)c1cccn2c(=O)c3ccc4ccccc4c3nc12. The fourth-order valence-corrected chi connectivity index (χ4v) is 4.18. The molecule has 0 radical (unpaired) electrons. The first-order valence-corrected chi connectivity index (χ1v) is 10.1. The summed E-state index contributed by atoms with van der Waals surface area (Å²) in [7, 11) is 0. The first-order chi connectivity index (χ1) is 14.6. The Morgan fingerprint density at radius 2 is 2.00 bits per heavy atom. The molecule has 0 saturated carbocycles. The van der Waals surface area contributed by atoms with E-state index in [1.165, 1.54) is 4.40 Å². The molecule has 2 aromatic heterocycles. The highest BCUT2D eigenvalue weighted by Crippen LogP contribution is 2.23. The van der Waals surface area contributed by atoms with Gasteiger partial charge in [0, 0.05) is 37.8 Å². The van der Waals surface area contributed by atoms with Crippen molar-refractivity contribution in [2.75, 3.05) is 26.2 Å². The minimum absolute atomic E-state index is 0.193. The summed E-state index contributed by atoms with van der Waals surface area (Å²) in [5.74, 6) is -0.265. The third-order valence-corrected chi connectivity index (χ3v) is 5.74. The molecule has 2 aromatic carbocycles. The molecule has 1 aliphatic rings. The van der Waals surface area contributed by atoms with Gasteiger partial charge in [0.2, 0.25) is 0 Å². The standard InChI is InChI=1S/C23H22N4O3/c28-16-9-12-26(14-16)13-10-24-22(29)19-6-3-11-27-21(19)25-20-17-5-2-1-4-15(17)7-8-18(20)23(27)30/h1-8,11,16,28H,9-10,12-14H2,(H,24,29)/t16-/m0/s1. The van der Waals surface area contributed by atoms with Crippen LogP contribution in [0.2, 0.25) is 0 Å². The number of fused-ring (bicyclic) bond motifs is 4. The molecule has 1 atom stereocenters. The molecule has 30 heavy (non-hydrogen) atoms. The van der Waals surface area contributed by atoms with Crippen molar-refractivity contribution in [3.05, 3.63) is 70.6 Å². The van der Waals surface area contributed by atoms with Gasteiger partial charge in [-0.2, -0.15) is 0 Å². The normalized spacial score (nSPS) is 17.2. The molecule has 0 bridgehead atoms. The first-order valence-electron chi connectivity index (χ1n) is 10.1. The highest BCUT2D eigenvalue weighted by atomic mass is 16.3. The van der Waals surface area contributed by atoms with Crippen LogP contribution in [0.25, 0.3) is 27.3 Å². The van der Waals surface area contributed by atoms with E-state index in [-0.39, 0.29) is 17.6 Å². The molecular weight excluding hydrogens is 380 g/mol. The Bertz CT molecular complexity index is 1330. The van der Waals surface area contributed by atoms with Crippen molar-refractivity contribution in [1.82, 2.24) is 19.6 Å². The summed E-state index contributed by atoms with van der Waals surface area (Å²) < 4.78 is 1.43. The molecule has 4 aromatic rings. The number of hydrogen-bond donors (Lipinski definition) is 2. The smallest absolute Gasteiger partial charge is 0.265 e. The molecule has 7 heteroatoms. The highest BCUT2D eigenvalue weighted by molar-refractivity contribution is 6.07. The van der Waals surface area contributed by atoms with E-state index in [2.05, 4.69) is 10.2 Å².